The lowest BCUT2D eigenvalue weighted by molar-refractivity contribution is 0.437. The molecule has 84 valence electrons. The maximum atomic E-state index is 12.1. The number of hydrogen-bond donors (Lipinski definition) is 0. The third-order valence-electron chi connectivity index (χ3n) is 2.59. The molecule has 0 N–H and O–H groups in total. The van der Waals surface area contributed by atoms with Crippen LogP contribution in [-0.4, -0.2) is 30.3 Å². The van der Waals surface area contributed by atoms with Crippen LogP contribution in [0, 0.1) is 11.3 Å². The smallest absolute Gasteiger partial charge is 0.245 e. The van der Waals surface area contributed by atoms with Gasteiger partial charge in [-0.25, -0.2) is 8.42 Å². The molecule has 1 fully saturated rings. The van der Waals surface area contributed by atoms with Gasteiger partial charge in [-0.15, -0.1) is 0 Å². The first-order valence-electron chi connectivity index (χ1n) is 4.98. The molecule has 16 heavy (non-hydrogen) atoms. The Balaban J connectivity index is 2.37. The third kappa shape index (κ3) is 1.79. The second-order valence-corrected chi connectivity index (χ2v) is 5.48. The number of rotatable bonds is 2. The minimum atomic E-state index is -3.55. The predicted molar refractivity (Wildman–Crippen MR) is 56.8 cm³/mol. The van der Waals surface area contributed by atoms with Crippen LogP contribution in [0.2, 0.25) is 0 Å². The Kier molecular flexibility index (Phi) is 2.90. The van der Waals surface area contributed by atoms with E-state index in [4.69, 9.17) is 5.26 Å². The van der Waals surface area contributed by atoms with Crippen molar-refractivity contribution in [2.45, 2.75) is 23.8 Å². The highest BCUT2D eigenvalue weighted by Gasteiger charge is 2.35. The van der Waals surface area contributed by atoms with Gasteiger partial charge in [-0.3, -0.25) is 4.98 Å². The summed E-state index contributed by atoms with van der Waals surface area (Å²) < 4.78 is 25.5. The number of nitriles is 1. The van der Waals surface area contributed by atoms with E-state index in [1.807, 2.05) is 6.07 Å². The van der Waals surface area contributed by atoms with Crippen LogP contribution in [0.4, 0.5) is 0 Å². The Morgan fingerprint density at radius 2 is 2.38 bits per heavy atom. The van der Waals surface area contributed by atoms with Gasteiger partial charge in [0.05, 0.1) is 6.07 Å². The van der Waals surface area contributed by atoms with E-state index in [2.05, 4.69) is 4.98 Å². The quantitative estimate of drug-likeness (QED) is 0.761. The summed E-state index contributed by atoms with van der Waals surface area (Å²) in [4.78, 5) is 3.93. The monoisotopic (exact) mass is 237 g/mol. The van der Waals surface area contributed by atoms with E-state index in [9.17, 15) is 8.42 Å². The molecule has 5 nitrogen and oxygen atoms in total. The van der Waals surface area contributed by atoms with Crippen molar-refractivity contribution in [3.05, 3.63) is 24.5 Å². The van der Waals surface area contributed by atoms with Gasteiger partial charge in [-0.2, -0.15) is 9.57 Å². The molecule has 1 aromatic rings. The van der Waals surface area contributed by atoms with Crippen molar-refractivity contribution in [1.29, 1.82) is 5.26 Å². The lowest BCUT2D eigenvalue weighted by atomic mass is 10.2. The molecule has 2 heterocycles. The topological polar surface area (TPSA) is 74.1 Å². The van der Waals surface area contributed by atoms with Gasteiger partial charge in [0.25, 0.3) is 0 Å². The fourth-order valence-corrected chi connectivity index (χ4v) is 3.36. The summed E-state index contributed by atoms with van der Waals surface area (Å²) in [6.07, 6.45) is 4.17. The number of aromatic nitrogens is 1. The summed E-state index contributed by atoms with van der Waals surface area (Å²) in [5, 5.41) is 8.87. The van der Waals surface area contributed by atoms with Crippen LogP contribution in [-0.2, 0) is 10.0 Å². The van der Waals surface area contributed by atoms with Crippen LogP contribution in [0.1, 0.15) is 12.8 Å². The van der Waals surface area contributed by atoms with Crippen LogP contribution in [0.15, 0.2) is 29.4 Å². The Morgan fingerprint density at radius 1 is 1.56 bits per heavy atom. The zero-order chi connectivity index (χ0) is 11.6. The molecule has 1 aromatic heterocycles. The first-order chi connectivity index (χ1) is 7.66. The molecule has 0 spiro atoms. The summed E-state index contributed by atoms with van der Waals surface area (Å²) in [5.41, 5.74) is 0. The average Bonchev–Trinajstić information content (AvgIpc) is 2.79. The van der Waals surface area contributed by atoms with E-state index in [0.717, 1.165) is 6.42 Å². The number of sulfonamides is 1. The minimum absolute atomic E-state index is 0.150. The van der Waals surface area contributed by atoms with Crippen molar-refractivity contribution in [2.75, 3.05) is 6.54 Å². The molecule has 1 unspecified atom stereocenters. The van der Waals surface area contributed by atoms with E-state index in [1.165, 1.54) is 22.8 Å². The molecule has 6 heteroatoms. The lowest BCUT2D eigenvalue weighted by Crippen LogP contribution is -2.34. The van der Waals surface area contributed by atoms with Crippen molar-refractivity contribution in [1.82, 2.24) is 9.29 Å². The molecule has 2 rings (SSSR count). The normalized spacial score (nSPS) is 21.8. The van der Waals surface area contributed by atoms with Gasteiger partial charge in [-0.05, 0) is 25.0 Å². The largest absolute Gasteiger partial charge is 0.263 e. The van der Waals surface area contributed by atoms with Crippen LogP contribution >= 0.6 is 0 Å². The van der Waals surface area contributed by atoms with Crippen molar-refractivity contribution in [3.8, 4) is 6.07 Å². The fourth-order valence-electron chi connectivity index (χ4n) is 1.79. The Labute approximate surface area is 94.4 Å². The molecule has 0 amide bonds. The van der Waals surface area contributed by atoms with E-state index >= 15 is 0 Å². The predicted octanol–water partition coefficient (Wildman–Crippen LogP) is 0.758. The first kappa shape index (κ1) is 11.0. The SMILES string of the molecule is N#CC1CCCN1S(=O)(=O)c1cccnc1. The van der Waals surface area contributed by atoms with E-state index in [-0.39, 0.29) is 4.90 Å². The molecular weight excluding hydrogens is 226 g/mol. The van der Waals surface area contributed by atoms with E-state index in [1.54, 1.807) is 6.07 Å². The lowest BCUT2D eigenvalue weighted by Gasteiger charge is -2.18. The van der Waals surface area contributed by atoms with E-state index in [0.29, 0.717) is 13.0 Å². The number of pyridine rings is 1. The van der Waals surface area contributed by atoms with Gasteiger partial charge in [0.2, 0.25) is 10.0 Å². The van der Waals surface area contributed by atoms with Gasteiger partial charge < -0.3 is 0 Å². The van der Waals surface area contributed by atoms with Gasteiger partial charge in [-0.1, -0.05) is 0 Å². The number of hydrogen-bond acceptors (Lipinski definition) is 4. The van der Waals surface area contributed by atoms with Gasteiger partial charge in [0.1, 0.15) is 10.9 Å². The van der Waals surface area contributed by atoms with Gasteiger partial charge in [0, 0.05) is 18.9 Å². The zero-order valence-corrected chi connectivity index (χ0v) is 9.39. The van der Waals surface area contributed by atoms with Crippen LogP contribution in [0.25, 0.3) is 0 Å². The van der Waals surface area contributed by atoms with Crippen LogP contribution in [0.5, 0.6) is 0 Å². The molecule has 1 saturated heterocycles. The summed E-state index contributed by atoms with van der Waals surface area (Å²) in [5.74, 6) is 0. The van der Waals surface area contributed by atoms with E-state index < -0.39 is 16.1 Å². The maximum absolute atomic E-state index is 12.1. The summed E-state index contributed by atoms with van der Waals surface area (Å²) in [6.45, 7) is 0.412. The molecule has 1 aliphatic heterocycles. The standard InChI is InChI=1S/C10H11N3O2S/c11-7-9-3-2-6-13(9)16(14,15)10-4-1-5-12-8-10/h1,4-5,8-9H,2-3,6H2. The highest BCUT2D eigenvalue weighted by molar-refractivity contribution is 7.89. The van der Waals surface area contributed by atoms with Crippen LogP contribution < -0.4 is 0 Å². The molecule has 0 aromatic carbocycles. The van der Waals surface area contributed by atoms with Crippen molar-refractivity contribution >= 4 is 10.0 Å². The molecule has 0 radical (unpaired) electrons. The highest BCUT2D eigenvalue weighted by Crippen LogP contribution is 2.24. The molecular formula is C10H11N3O2S. The second kappa shape index (κ2) is 4.20. The van der Waals surface area contributed by atoms with Crippen molar-refractivity contribution < 1.29 is 8.42 Å². The second-order valence-electron chi connectivity index (χ2n) is 3.59. The zero-order valence-electron chi connectivity index (χ0n) is 8.57. The Morgan fingerprint density at radius 3 is 3.00 bits per heavy atom. The molecule has 1 atom stereocenters. The molecule has 0 saturated carbocycles. The maximum Gasteiger partial charge on any atom is 0.245 e. The minimum Gasteiger partial charge on any atom is -0.263 e. The summed E-state index contributed by atoms with van der Waals surface area (Å²) >= 11 is 0. The molecule has 1 aliphatic rings. The average molecular weight is 237 g/mol. The van der Waals surface area contributed by atoms with Gasteiger partial charge in [0.15, 0.2) is 0 Å². The Hall–Kier alpha value is -1.45. The first-order valence-corrected chi connectivity index (χ1v) is 6.42. The fraction of sp³-hybridized carbons (Fsp3) is 0.400. The highest BCUT2D eigenvalue weighted by atomic mass is 32.2. The van der Waals surface area contributed by atoms with Crippen molar-refractivity contribution in [2.24, 2.45) is 0 Å². The van der Waals surface area contributed by atoms with Crippen LogP contribution in [0.3, 0.4) is 0 Å². The molecule has 0 bridgehead atoms. The van der Waals surface area contributed by atoms with Crippen molar-refractivity contribution in [3.63, 3.8) is 0 Å². The Bertz CT molecular complexity index is 507. The third-order valence-corrected chi connectivity index (χ3v) is 4.49. The molecule has 0 aliphatic carbocycles. The van der Waals surface area contributed by atoms with Gasteiger partial charge >= 0.3 is 0 Å². The number of nitrogens with zero attached hydrogens (tertiary/aromatic N) is 3. The summed E-state index contributed by atoms with van der Waals surface area (Å²) in [7, 11) is -3.55. The summed E-state index contributed by atoms with van der Waals surface area (Å²) in [6, 6.07) is 4.55.